The highest BCUT2D eigenvalue weighted by Crippen LogP contribution is 2.31. The van der Waals surface area contributed by atoms with Crippen LogP contribution in [0.15, 0.2) is 48.5 Å². The van der Waals surface area contributed by atoms with Crippen molar-refractivity contribution >= 4 is 17.5 Å². The third-order valence-corrected chi connectivity index (χ3v) is 6.65. The van der Waals surface area contributed by atoms with E-state index >= 15 is 0 Å². The van der Waals surface area contributed by atoms with Crippen LogP contribution in [0.2, 0.25) is 0 Å². The fourth-order valence-electron chi connectivity index (χ4n) is 4.66. The largest absolute Gasteiger partial charge is 0.504 e. The fourth-order valence-corrected chi connectivity index (χ4v) is 4.66. The van der Waals surface area contributed by atoms with Crippen LogP contribution in [-0.4, -0.2) is 61.7 Å². The van der Waals surface area contributed by atoms with E-state index < -0.39 is 11.8 Å². The van der Waals surface area contributed by atoms with E-state index in [0.29, 0.717) is 31.8 Å². The number of phenolic OH excluding ortho intramolecular Hbond substituents is 1. The number of hydrogen-bond acceptors (Lipinski definition) is 5. The molecule has 7 nitrogen and oxygen atoms in total. The van der Waals surface area contributed by atoms with E-state index in [1.165, 1.54) is 39.8 Å². The molecule has 2 fully saturated rings. The number of likely N-dealkylation sites (N-methyl/N-ethyl adjacent to an activating group) is 1. The normalized spacial score (nSPS) is 18.1. The van der Waals surface area contributed by atoms with E-state index in [9.17, 15) is 14.7 Å². The van der Waals surface area contributed by atoms with Crippen LogP contribution >= 0.6 is 0 Å². The summed E-state index contributed by atoms with van der Waals surface area (Å²) in [7, 11) is 2.97. The Balaban J connectivity index is 0.000000469. The molecule has 2 aromatic rings. The van der Waals surface area contributed by atoms with Crippen LogP contribution in [0.4, 0.5) is 5.69 Å². The molecule has 2 aliphatic rings. The number of aromatic hydroxyl groups is 1. The van der Waals surface area contributed by atoms with Gasteiger partial charge < -0.3 is 25.0 Å². The van der Waals surface area contributed by atoms with Crippen molar-refractivity contribution in [2.75, 3.05) is 38.7 Å². The molecule has 0 bridgehead atoms. The molecule has 1 aliphatic heterocycles. The second-order valence-corrected chi connectivity index (χ2v) is 9.11. The topological polar surface area (TPSA) is 82.1 Å². The van der Waals surface area contributed by atoms with Gasteiger partial charge in [-0.25, -0.2) is 0 Å². The molecule has 1 saturated carbocycles. The number of carbonyl (C=O) groups is 2. The molecular formula is C27H37N3O4. The number of anilines is 1. The molecule has 1 atom stereocenters. The molecule has 0 spiro atoms. The number of hydrogen-bond donors (Lipinski definition) is 2. The smallest absolute Gasteiger partial charge is 0.312 e. The third-order valence-electron chi connectivity index (χ3n) is 6.65. The van der Waals surface area contributed by atoms with E-state index in [0.717, 1.165) is 17.2 Å². The van der Waals surface area contributed by atoms with Gasteiger partial charge in [0.2, 0.25) is 0 Å². The Morgan fingerprint density at radius 1 is 1.09 bits per heavy atom. The second-order valence-electron chi connectivity index (χ2n) is 9.11. The van der Waals surface area contributed by atoms with Crippen molar-refractivity contribution in [2.24, 2.45) is 5.92 Å². The van der Waals surface area contributed by atoms with Crippen LogP contribution in [0.3, 0.4) is 0 Å². The van der Waals surface area contributed by atoms with Crippen LogP contribution in [0.1, 0.15) is 38.2 Å². The molecule has 1 aliphatic carbocycles. The van der Waals surface area contributed by atoms with Gasteiger partial charge in [0, 0.05) is 38.4 Å². The quantitative estimate of drug-likeness (QED) is 0.672. The summed E-state index contributed by atoms with van der Waals surface area (Å²) in [5.41, 5.74) is 1.95. The summed E-state index contributed by atoms with van der Waals surface area (Å²) in [6.45, 7) is 3.90. The van der Waals surface area contributed by atoms with Crippen LogP contribution in [-0.2, 0) is 16.0 Å². The van der Waals surface area contributed by atoms with Crippen molar-refractivity contribution in [1.29, 1.82) is 0 Å². The lowest BCUT2D eigenvalue weighted by molar-refractivity contribution is -0.147. The minimum atomic E-state index is -0.603. The molecule has 2 amide bonds. The average Bonchev–Trinajstić information content (AvgIpc) is 3.35. The van der Waals surface area contributed by atoms with E-state index in [4.69, 9.17) is 4.74 Å². The monoisotopic (exact) mass is 467 g/mol. The van der Waals surface area contributed by atoms with Gasteiger partial charge in [-0.2, -0.15) is 0 Å². The number of benzene rings is 2. The number of nitrogens with one attached hydrogen (secondary N) is 1. The summed E-state index contributed by atoms with van der Waals surface area (Å²) in [6.07, 6.45) is 6.59. The Labute approximate surface area is 202 Å². The van der Waals surface area contributed by atoms with Crippen molar-refractivity contribution in [3.8, 4) is 11.5 Å². The van der Waals surface area contributed by atoms with Gasteiger partial charge in [-0.05, 0) is 30.0 Å². The van der Waals surface area contributed by atoms with Gasteiger partial charge in [0.05, 0.1) is 13.2 Å². The molecule has 0 aromatic heterocycles. The predicted octanol–water partition coefficient (Wildman–Crippen LogP) is 3.60. The number of nitrogens with zero attached hydrogens (tertiary/aromatic N) is 2. The van der Waals surface area contributed by atoms with Crippen molar-refractivity contribution < 1.29 is 19.4 Å². The molecule has 2 aromatic carbocycles. The summed E-state index contributed by atoms with van der Waals surface area (Å²) in [5.74, 6) is 0.417. The van der Waals surface area contributed by atoms with Gasteiger partial charge >= 0.3 is 11.8 Å². The van der Waals surface area contributed by atoms with Gasteiger partial charge in [-0.15, -0.1) is 0 Å². The van der Waals surface area contributed by atoms with Crippen molar-refractivity contribution in [2.45, 2.75) is 45.1 Å². The zero-order chi connectivity index (χ0) is 24.5. The maximum atomic E-state index is 12.5. The Morgan fingerprint density at radius 3 is 2.35 bits per heavy atom. The minimum Gasteiger partial charge on any atom is -0.504 e. The summed E-state index contributed by atoms with van der Waals surface area (Å²) in [4.78, 5) is 28.2. The second kappa shape index (κ2) is 12.3. The fraction of sp³-hybridized carbons (Fsp3) is 0.481. The minimum absolute atomic E-state index is 0.0727. The first-order valence-electron chi connectivity index (χ1n) is 12.1. The molecule has 0 radical (unpaired) electrons. The number of ether oxygens (including phenoxy) is 1. The molecule has 2 N–H and O–H groups in total. The highest BCUT2D eigenvalue weighted by molar-refractivity contribution is 6.35. The van der Waals surface area contributed by atoms with Gasteiger partial charge in [0.15, 0.2) is 11.5 Å². The van der Waals surface area contributed by atoms with Crippen LogP contribution in [0.25, 0.3) is 0 Å². The molecule has 1 heterocycles. The van der Waals surface area contributed by atoms with Crippen molar-refractivity contribution in [1.82, 2.24) is 10.2 Å². The Bertz CT molecular complexity index is 944. The number of methoxy groups -OCH3 is 1. The Kier molecular flexibility index (Phi) is 9.19. The van der Waals surface area contributed by atoms with E-state index in [-0.39, 0.29) is 11.8 Å². The highest BCUT2D eigenvalue weighted by Gasteiger charge is 2.33. The SMILES string of the molecule is CC1CCCC1.CNC(=O)C(=O)N1CCN(c2ccc(OC)c(O)c2)C[C@@H]1Cc1ccccc1. The lowest BCUT2D eigenvalue weighted by Gasteiger charge is -2.42. The first kappa shape index (κ1) is 25.4. The number of carbonyl (C=O) groups excluding carboxylic acids is 2. The Morgan fingerprint density at radius 2 is 1.79 bits per heavy atom. The van der Waals surface area contributed by atoms with Crippen LogP contribution in [0.5, 0.6) is 11.5 Å². The van der Waals surface area contributed by atoms with E-state index in [1.807, 2.05) is 36.4 Å². The standard InChI is InChI=1S/C21H25N3O4.C6H12/c1-22-20(26)21(27)24-11-10-23(16-8-9-19(28-2)18(25)13-16)14-17(24)12-15-6-4-3-5-7-15;1-6-4-2-3-5-6/h3-9,13,17,25H,10-12,14H2,1-2H3,(H,22,26);6H,2-5H2,1H3/t17-;/m0./s1. The van der Waals surface area contributed by atoms with Crippen LogP contribution < -0.4 is 15.0 Å². The third kappa shape index (κ3) is 6.65. The Hall–Kier alpha value is -3.22. The maximum Gasteiger partial charge on any atom is 0.312 e. The molecule has 4 rings (SSSR count). The number of phenols is 1. The van der Waals surface area contributed by atoms with Gasteiger partial charge in [0.25, 0.3) is 0 Å². The number of amides is 2. The molecule has 34 heavy (non-hydrogen) atoms. The molecule has 0 unspecified atom stereocenters. The lowest BCUT2D eigenvalue weighted by Crippen LogP contribution is -2.58. The van der Waals surface area contributed by atoms with Crippen LogP contribution in [0, 0.1) is 5.92 Å². The first-order valence-corrected chi connectivity index (χ1v) is 12.1. The molecule has 7 heteroatoms. The summed E-state index contributed by atoms with van der Waals surface area (Å²) >= 11 is 0. The van der Waals surface area contributed by atoms with Gasteiger partial charge in [-0.1, -0.05) is 62.9 Å². The zero-order valence-electron chi connectivity index (χ0n) is 20.5. The highest BCUT2D eigenvalue weighted by atomic mass is 16.5. The number of piperazine rings is 1. The average molecular weight is 468 g/mol. The molecule has 184 valence electrons. The molecule has 1 saturated heterocycles. The summed E-state index contributed by atoms with van der Waals surface area (Å²) in [6, 6.07) is 15.0. The first-order chi connectivity index (χ1) is 16.4. The predicted molar refractivity (Wildman–Crippen MR) is 134 cm³/mol. The number of rotatable bonds is 4. The van der Waals surface area contributed by atoms with Crippen molar-refractivity contribution in [3.05, 3.63) is 54.1 Å². The lowest BCUT2D eigenvalue weighted by atomic mass is 10.0. The van der Waals surface area contributed by atoms with Gasteiger partial charge in [0.1, 0.15) is 0 Å². The molecular weight excluding hydrogens is 430 g/mol. The zero-order valence-corrected chi connectivity index (χ0v) is 20.5. The maximum absolute atomic E-state index is 12.5. The summed E-state index contributed by atoms with van der Waals surface area (Å²) in [5, 5.41) is 12.5. The van der Waals surface area contributed by atoms with E-state index in [1.54, 1.807) is 17.0 Å². The van der Waals surface area contributed by atoms with Crippen molar-refractivity contribution in [3.63, 3.8) is 0 Å². The van der Waals surface area contributed by atoms with E-state index in [2.05, 4.69) is 17.1 Å². The summed E-state index contributed by atoms with van der Waals surface area (Å²) < 4.78 is 5.11. The van der Waals surface area contributed by atoms with Gasteiger partial charge in [-0.3, -0.25) is 9.59 Å².